The van der Waals surface area contributed by atoms with Crippen LogP contribution in [0, 0.1) is 10.1 Å². The summed E-state index contributed by atoms with van der Waals surface area (Å²) in [6.45, 7) is 0. The molecule has 1 heterocycles. The van der Waals surface area contributed by atoms with E-state index in [0.29, 0.717) is 6.07 Å². The number of halogens is 4. The Labute approximate surface area is 97.1 Å². The third-order valence-corrected chi connectivity index (χ3v) is 2.16. The van der Waals surface area contributed by atoms with Crippen molar-refractivity contribution in [3.8, 4) is 0 Å². The maximum Gasteiger partial charge on any atom is 0.364 e. The van der Waals surface area contributed by atoms with Gasteiger partial charge >= 0.3 is 5.82 Å². The highest BCUT2D eigenvalue weighted by Crippen LogP contribution is 2.32. The van der Waals surface area contributed by atoms with Crippen molar-refractivity contribution in [3.05, 3.63) is 32.5 Å². The summed E-state index contributed by atoms with van der Waals surface area (Å²) in [5, 5.41) is 8.44. The lowest BCUT2D eigenvalue weighted by Crippen LogP contribution is -2.04. The maximum atomic E-state index is 12.4. The van der Waals surface area contributed by atoms with E-state index < -0.39 is 38.7 Å². The number of nitrogens with zero attached hydrogens (tertiary/aromatic N) is 2. The van der Waals surface area contributed by atoms with Gasteiger partial charge in [-0.25, -0.2) is 8.78 Å². The van der Waals surface area contributed by atoms with Crippen molar-refractivity contribution in [2.24, 2.45) is 0 Å². The molecule has 0 saturated heterocycles. The number of rotatable bonds is 3. The largest absolute Gasteiger partial charge is 0.364 e. The second kappa shape index (κ2) is 4.67. The molecule has 0 unspecified atom stereocenters. The molecule has 0 aliphatic carbocycles. The lowest BCUT2D eigenvalue weighted by molar-refractivity contribution is -0.389. The molecule has 0 aliphatic rings. The van der Waals surface area contributed by atoms with Gasteiger partial charge in [-0.15, -0.1) is 0 Å². The van der Waals surface area contributed by atoms with E-state index in [0.717, 1.165) is 0 Å². The first kappa shape index (κ1) is 12.7. The van der Waals surface area contributed by atoms with E-state index in [9.17, 15) is 23.7 Å². The number of carbonyl (C=O) groups excluding carboxylic acids is 1. The van der Waals surface area contributed by atoms with Crippen molar-refractivity contribution >= 4 is 34.3 Å². The molecular weight excluding hydrogens is 269 g/mol. The van der Waals surface area contributed by atoms with E-state index in [1.807, 2.05) is 0 Å². The van der Waals surface area contributed by atoms with E-state index >= 15 is 0 Å². The van der Waals surface area contributed by atoms with Gasteiger partial charge in [0.05, 0.1) is 0 Å². The summed E-state index contributed by atoms with van der Waals surface area (Å²) >= 11 is 10.4. The average molecular weight is 271 g/mol. The molecule has 9 heteroatoms. The highest BCUT2D eigenvalue weighted by Gasteiger charge is 2.27. The maximum absolute atomic E-state index is 12.4. The van der Waals surface area contributed by atoms with Crippen molar-refractivity contribution < 1.29 is 18.5 Å². The second-order valence-corrected chi connectivity index (χ2v) is 3.29. The van der Waals surface area contributed by atoms with Crippen LogP contribution in [0.15, 0.2) is 6.07 Å². The van der Waals surface area contributed by atoms with Crippen LogP contribution >= 0.6 is 23.2 Å². The summed E-state index contributed by atoms with van der Waals surface area (Å²) in [4.78, 5) is 23.3. The third-order valence-electron chi connectivity index (χ3n) is 1.58. The molecule has 0 amide bonds. The zero-order valence-corrected chi connectivity index (χ0v) is 8.80. The first-order valence-electron chi connectivity index (χ1n) is 3.67. The molecule has 5 nitrogen and oxygen atoms in total. The monoisotopic (exact) mass is 270 g/mol. The van der Waals surface area contributed by atoms with Crippen molar-refractivity contribution in [1.82, 2.24) is 4.98 Å². The number of aromatic nitrogens is 1. The molecule has 0 saturated carbocycles. The molecule has 0 bridgehead atoms. The SMILES string of the molecule is O=C(Cl)c1nc([N+](=O)[O-])cc(C(F)F)c1Cl. The van der Waals surface area contributed by atoms with E-state index in [-0.39, 0.29) is 0 Å². The molecule has 1 rings (SSSR count). The van der Waals surface area contributed by atoms with Gasteiger partial charge in [-0.2, -0.15) is 0 Å². The highest BCUT2D eigenvalue weighted by atomic mass is 35.5. The molecule has 0 N–H and O–H groups in total. The smallest absolute Gasteiger partial charge is 0.358 e. The van der Waals surface area contributed by atoms with Crippen molar-refractivity contribution in [2.75, 3.05) is 0 Å². The molecule has 0 fully saturated rings. The Balaban J connectivity index is 3.51. The Kier molecular flexibility index (Phi) is 3.71. The first-order chi connectivity index (χ1) is 7.34. The molecule has 16 heavy (non-hydrogen) atoms. The topological polar surface area (TPSA) is 73.1 Å². The second-order valence-electron chi connectivity index (χ2n) is 2.56. The van der Waals surface area contributed by atoms with Crippen LogP contribution in [0.1, 0.15) is 22.5 Å². The van der Waals surface area contributed by atoms with Crippen LogP contribution in [0.25, 0.3) is 0 Å². The van der Waals surface area contributed by atoms with Gasteiger partial charge in [-0.05, 0) is 21.5 Å². The van der Waals surface area contributed by atoms with Gasteiger partial charge in [-0.3, -0.25) is 4.79 Å². The summed E-state index contributed by atoms with van der Waals surface area (Å²) in [7, 11) is 0. The van der Waals surface area contributed by atoms with Gasteiger partial charge in [0.15, 0.2) is 0 Å². The fraction of sp³-hybridized carbons (Fsp3) is 0.143. The number of nitro groups is 1. The predicted octanol–water partition coefficient (Wildman–Crippen LogP) is 2.96. The van der Waals surface area contributed by atoms with Gasteiger partial charge in [0.25, 0.3) is 17.4 Å². The van der Waals surface area contributed by atoms with Gasteiger partial charge in [0.1, 0.15) is 5.02 Å². The van der Waals surface area contributed by atoms with Crippen LogP contribution in [0.4, 0.5) is 14.6 Å². The minimum atomic E-state index is -3.07. The lowest BCUT2D eigenvalue weighted by atomic mass is 10.2. The van der Waals surface area contributed by atoms with E-state index in [1.165, 1.54) is 0 Å². The van der Waals surface area contributed by atoms with Crippen LogP contribution in [0.5, 0.6) is 0 Å². The summed E-state index contributed by atoms with van der Waals surface area (Å²) in [5.41, 5.74) is -1.61. The normalized spacial score (nSPS) is 10.6. The number of hydrogen-bond donors (Lipinski definition) is 0. The molecule has 0 atom stereocenters. The van der Waals surface area contributed by atoms with Gasteiger partial charge < -0.3 is 10.1 Å². The van der Waals surface area contributed by atoms with Crippen LogP contribution in [0.2, 0.25) is 5.02 Å². The molecule has 1 aromatic heterocycles. The summed E-state index contributed by atoms with van der Waals surface area (Å²) in [5.74, 6) is -0.913. The van der Waals surface area contributed by atoms with Gasteiger partial charge in [-0.1, -0.05) is 11.6 Å². The number of hydrogen-bond acceptors (Lipinski definition) is 4. The Hall–Kier alpha value is -1.34. The molecule has 86 valence electrons. The Morgan fingerprint density at radius 2 is 2.12 bits per heavy atom. The predicted molar refractivity (Wildman–Crippen MR) is 51.0 cm³/mol. The van der Waals surface area contributed by atoms with Crippen LogP contribution in [0.3, 0.4) is 0 Å². The van der Waals surface area contributed by atoms with E-state index in [4.69, 9.17) is 23.2 Å². The van der Waals surface area contributed by atoms with Crippen molar-refractivity contribution in [1.29, 1.82) is 0 Å². The summed E-state index contributed by atoms with van der Waals surface area (Å²) in [6.07, 6.45) is -3.07. The Bertz CT molecular complexity index is 467. The third kappa shape index (κ3) is 2.42. The Morgan fingerprint density at radius 3 is 2.50 bits per heavy atom. The van der Waals surface area contributed by atoms with Crippen molar-refractivity contribution in [2.45, 2.75) is 6.43 Å². The lowest BCUT2D eigenvalue weighted by Gasteiger charge is -2.03. The fourth-order valence-corrected chi connectivity index (χ4v) is 1.37. The zero-order valence-electron chi connectivity index (χ0n) is 7.29. The molecule has 0 radical (unpaired) electrons. The number of alkyl halides is 2. The van der Waals surface area contributed by atoms with Crippen molar-refractivity contribution in [3.63, 3.8) is 0 Å². The fourth-order valence-electron chi connectivity index (χ4n) is 0.918. The molecule has 0 aliphatic heterocycles. The zero-order chi connectivity index (χ0) is 12.5. The molecular formula is C7H2Cl2F2N2O3. The van der Waals surface area contributed by atoms with E-state index in [2.05, 4.69) is 4.98 Å². The van der Waals surface area contributed by atoms with Gasteiger partial charge in [0, 0.05) is 11.6 Å². The number of pyridine rings is 1. The number of carbonyl (C=O) groups is 1. The minimum Gasteiger partial charge on any atom is -0.358 e. The van der Waals surface area contributed by atoms with Crippen LogP contribution < -0.4 is 0 Å². The summed E-state index contributed by atoms with van der Waals surface area (Å²) in [6, 6.07) is 0.496. The Morgan fingerprint density at radius 1 is 1.56 bits per heavy atom. The van der Waals surface area contributed by atoms with Gasteiger partial charge in [0.2, 0.25) is 0 Å². The quantitative estimate of drug-likeness (QED) is 0.481. The summed E-state index contributed by atoms with van der Waals surface area (Å²) < 4.78 is 24.9. The molecule has 0 aromatic carbocycles. The first-order valence-corrected chi connectivity index (χ1v) is 4.43. The average Bonchev–Trinajstić information content (AvgIpc) is 2.16. The van der Waals surface area contributed by atoms with E-state index in [1.54, 1.807) is 0 Å². The highest BCUT2D eigenvalue weighted by molar-refractivity contribution is 6.68. The standard InChI is InChI=1S/C7H2Cl2F2N2O3/c8-4-2(7(10)11)1-3(13(15)16)12-5(4)6(9)14/h1,7H. The molecule has 0 spiro atoms. The van der Waals surface area contributed by atoms with Crippen LogP contribution in [-0.4, -0.2) is 15.1 Å². The molecule has 1 aromatic rings. The van der Waals surface area contributed by atoms with Crippen LogP contribution in [-0.2, 0) is 0 Å². The minimum absolute atomic E-state index is 0.496.